The summed E-state index contributed by atoms with van der Waals surface area (Å²) in [6, 6.07) is 6.12. The minimum atomic E-state index is -0.528. The van der Waals surface area contributed by atoms with Gasteiger partial charge in [0.15, 0.2) is 0 Å². The highest BCUT2D eigenvalue weighted by Crippen LogP contribution is 2.28. The topological polar surface area (TPSA) is 32.7 Å². The fourth-order valence-corrected chi connectivity index (χ4v) is 3.37. The van der Waals surface area contributed by atoms with Gasteiger partial charge in [-0.15, -0.1) is 0 Å². The number of nitrogens with zero attached hydrogens (tertiary/aromatic N) is 1. The van der Waals surface area contributed by atoms with Gasteiger partial charge in [0.05, 0.1) is 5.02 Å². The Kier molecular flexibility index (Phi) is 6.18. The Bertz CT molecular complexity index is 460. The molecule has 3 atom stereocenters. The molecule has 21 heavy (non-hydrogen) atoms. The molecule has 3 unspecified atom stereocenters. The Morgan fingerprint density at radius 3 is 2.57 bits per heavy atom. The molecule has 3 nitrogen and oxygen atoms in total. The summed E-state index contributed by atoms with van der Waals surface area (Å²) >= 11 is 11.9. The van der Waals surface area contributed by atoms with Crippen LogP contribution in [0.4, 0.5) is 0 Å². The average Bonchev–Trinajstić information content (AvgIpc) is 2.42. The van der Waals surface area contributed by atoms with E-state index in [9.17, 15) is 5.11 Å². The van der Waals surface area contributed by atoms with Gasteiger partial charge in [-0.2, -0.15) is 0 Å². The summed E-state index contributed by atoms with van der Waals surface area (Å²) in [6.07, 6.45) is 3.13. The predicted molar refractivity (Wildman–Crippen MR) is 87.4 cm³/mol. The van der Waals surface area contributed by atoms with Crippen molar-refractivity contribution in [3.05, 3.63) is 28.2 Å². The third-order valence-electron chi connectivity index (χ3n) is 4.12. The van der Waals surface area contributed by atoms with Gasteiger partial charge in [-0.1, -0.05) is 29.6 Å². The maximum Gasteiger partial charge on any atom is 0.138 e. The number of benzene rings is 1. The molecule has 1 N–H and O–H groups in total. The fraction of sp³-hybridized carbons (Fsp3) is 0.625. The molecule has 118 valence electrons. The van der Waals surface area contributed by atoms with E-state index >= 15 is 0 Å². The van der Waals surface area contributed by atoms with Crippen LogP contribution in [-0.2, 0) is 0 Å². The summed E-state index contributed by atoms with van der Waals surface area (Å²) in [5, 5.41) is 11.2. The first-order valence-corrected chi connectivity index (χ1v) is 8.24. The lowest BCUT2D eigenvalue weighted by Gasteiger charge is -2.40. The van der Waals surface area contributed by atoms with Crippen molar-refractivity contribution in [2.75, 3.05) is 13.2 Å². The van der Waals surface area contributed by atoms with Crippen LogP contribution in [0.5, 0.6) is 5.75 Å². The molecule has 2 rings (SSSR count). The van der Waals surface area contributed by atoms with Gasteiger partial charge in [0.1, 0.15) is 18.5 Å². The van der Waals surface area contributed by atoms with Gasteiger partial charge in [0.2, 0.25) is 0 Å². The molecule has 0 radical (unpaired) electrons. The zero-order valence-electron chi connectivity index (χ0n) is 12.6. The first-order valence-electron chi connectivity index (χ1n) is 7.49. The minimum absolute atomic E-state index is 0.233. The van der Waals surface area contributed by atoms with E-state index in [1.165, 1.54) is 19.3 Å². The van der Waals surface area contributed by atoms with E-state index in [1.807, 2.05) is 0 Å². The van der Waals surface area contributed by atoms with Crippen LogP contribution in [0.1, 0.15) is 33.1 Å². The zero-order chi connectivity index (χ0) is 15.4. The first-order chi connectivity index (χ1) is 9.97. The first kappa shape index (κ1) is 16.9. The highest BCUT2D eigenvalue weighted by molar-refractivity contribution is 6.35. The molecule has 0 aromatic heterocycles. The molecule has 1 heterocycles. The summed E-state index contributed by atoms with van der Waals surface area (Å²) in [7, 11) is 0. The second-order valence-electron chi connectivity index (χ2n) is 5.87. The molecule has 1 saturated heterocycles. The Balaban J connectivity index is 1.85. The molecule has 0 amide bonds. The predicted octanol–water partition coefficient (Wildman–Crippen LogP) is 4.00. The number of likely N-dealkylation sites (tertiary alicyclic amines) is 1. The number of halogens is 2. The van der Waals surface area contributed by atoms with Crippen LogP contribution in [0.15, 0.2) is 18.2 Å². The quantitative estimate of drug-likeness (QED) is 0.885. The van der Waals surface area contributed by atoms with E-state index in [0.717, 1.165) is 0 Å². The Morgan fingerprint density at radius 2 is 1.95 bits per heavy atom. The normalized spacial score (nSPS) is 24.8. The van der Waals surface area contributed by atoms with E-state index in [-0.39, 0.29) is 6.61 Å². The SMILES string of the molecule is CC1CCCC(C)N1CC(O)COc1ccc(Cl)cc1Cl. The van der Waals surface area contributed by atoms with Crippen molar-refractivity contribution in [1.82, 2.24) is 4.90 Å². The van der Waals surface area contributed by atoms with E-state index in [4.69, 9.17) is 27.9 Å². The molecule has 1 aromatic rings. The lowest BCUT2D eigenvalue weighted by molar-refractivity contribution is 0.0209. The largest absolute Gasteiger partial charge is 0.489 e. The van der Waals surface area contributed by atoms with E-state index in [0.29, 0.717) is 34.4 Å². The minimum Gasteiger partial charge on any atom is -0.489 e. The monoisotopic (exact) mass is 331 g/mol. The molecule has 1 aromatic carbocycles. The van der Waals surface area contributed by atoms with Crippen LogP contribution in [0.3, 0.4) is 0 Å². The van der Waals surface area contributed by atoms with Crippen molar-refractivity contribution >= 4 is 23.2 Å². The third-order valence-corrected chi connectivity index (χ3v) is 4.65. The van der Waals surface area contributed by atoms with Crippen molar-refractivity contribution in [2.24, 2.45) is 0 Å². The average molecular weight is 332 g/mol. The summed E-state index contributed by atoms with van der Waals surface area (Å²) in [5.41, 5.74) is 0. The molecular weight excluding hydrogens is 309 g/mol. The number of β-amino-alcohol motifs (C(OH)–C–C–N with tert-alkyl or cyclic N) is 1. The number of piperidine rings is 1. The second kappa shape index (κ2) is 7.68. The van der Waals surface area contributed by atoms with Crippen molar-refractivity contribution in [3.8, 4) is 5.75 Å². The van der Waals surface area contributed by atoms with Gasteiger partial charge in [-0.25, -0.2) is 0 Å². The molecule has 5 heteroatoms. The smallest absolute Gasteiger partial charge is 0.138 e. The Morgan fingerprint density at radius 1 is 1.29 bits per heavy atom. The van der Waals surface area contributed by atoms with Gasteiger partial charge in [0, 0.05) is 23.7 Å². The molecule has 0 saturated carbocycles. The van der Waals surface area contributed by atoms with E-state index in [1.54, 1.807) is 18.2 Å². The molecule has 1 aliphatic heterocycles. The van der Waals surface area contributed by atoms with Gasteiger partial charge in [-0.05, 0) is 44.9 Å². The number of ether oxygens (including phenoxy) is 1. The maximum absolute atomic E-state index is 10.2. The van der Waals surface area contributed by atoms with Crippen LogP contribution in [-0.4, -0.2) is 41.3 Å². The zero-order valence-corrected chi connectivity index (χ0v) is 14.1. The number of aliphatic hydroxyl groups excluding tert-OH is 1. The number of aliphatic hydroxyl groups is 1. The van der Waals surface area contributed by atoms with E-state index in [2.05, 4.69) is 18.7 Å². The van der Waals surface area contributed by atoms with Gasteiger partial charge >= 0.3 is 0 Å². The van der Waals surface area contributed by atoms with Crippen LogP contribution in [0, 0.1) is 0 Å². The third kappa shape index (κ3) is 4.75. The molecule has 0 spiro atoms. The van der Waals surface area contributed by atoms with Gasteiger partial charge in [0.25, 0.3) is 0 Å². The highest BCUT2D eigenvalue weighted by atomic mass is 35.5. The Labute approximate surface area is 136 Å². The van der Waals surface area contributed by atoms with Crippen molar-refractivity contribution in [1.29, 1.82) is 0 Å². The lowest BCUT2D eigenvalue weighted by Crippen LogP contribution is -2.48. The van der Waals surface area contributed by atoms with Crippen LogP contribution < -0.4 is 4.74 Å². The lowest BCUT2D eigenvalue weighted by atomic mass is 9.97. The summed E-state index contributed by atoms with van der Waals surface area (Å²) in [4.78, 5) is 2.36. The van der Waals surface area contributed by atoms with E-state index < -0.39 is 6.10 Å². The number of hydrogen-bond acceptors (Lipinski definition) is 3. The molecule has 0 bridgehead atoms. The van der Waals surface area contributed by atoms with Gasteiger partial charge < -0.3 is 9.84 Å². The standard InChI is InChI=1S/C16H23Cl2NO2/c1-11-4-3-5-12(2)19(11)9-14(20)10-21-16-7-6-13(17)8-15(16)18/h6-8,11-12,14,20H,3-5,9-10H2,1-2H3. The van der Waals surface area contributed by atoms with Gasteiger partial charge in [-0.3, -0.25) is 4.90 Å². The van der Waals surface area contributed by atoms with Crippen LogP contribution in [0.25, 0.3) is 0 Å². The molecule has 1 aliphatic rings. The summed E-state index contributed by atoms with van der Waals surface area (Å²) in [6.45, 7) is 5.31. The number of rotatable bonds is 5. The number of hydrogen-bond donors (Lipinski definition) is 1. The van der Waals surface area contributed by atoms with Crippen molar-refractivity contribution in [2.45, 2.75) is 51.3 Å². The molecule has 1 fully saturated rings. The highest BCUT2D eigenvalue weighted by Gasteiger charge is 2.26. The second-order valence-corrected chi connectivity index (χ2v) is 6.71. The molecular formula is C16H23Cl2NO2. The summed E-state index contributed by atoms with van der Waals surface area (Å²) < 4.78 is 5.60. The fourth-order valence-electron chi connectivity index (χ4n) is 2.91. The van der Waals surface area contributed by atoms with Crippen LogP contribution in [0.2, 0.25) is 10.0 Å². The Hall–Kier alpha value is -0.480. The van der Waals surface area contributed by atoms with Crippen LogP contribution >= 0.6 is 23.2 Å². The van der Waals surface area contributed by atoms with Crippen molar-refractivity contribution in [3.63, 3.8) is 0 Å². The summed E-state index contributed by atoms with van der Waals surface area (Å²) in [5.74, 6) is 0.555. The molecule has 0 aliphatic carbocycles. The van der Waals surface area contributed by atoms with Crippen molar-refractivity contribution < 1.29 is 9.84 Å². The maximum atomic E-state index is 10.2.